The van der Waals surface area contributed by atoms with Crippen LogP contribution in [0.4, 0.5) is 0 Å². The first-order chi connectivity index (χ1) is 8.24. The van der Waals surface area contributed by atoms with Crippen LogP contribution in [0.5, 0.6) is 0 Å². The van der Waals surface area contributed by atoms with Gasteiger partial charge in [-0.05, 0) is 39.9 Å². The molecule has 0 saturated carbocycles. The van der Waals surface area contributed by atoms with Crippen LogP contribution in [0.15, 0.2) is 0 Å². The molecule has 0 radical (unpaired) electrons. The number of nitrogens with two attached hydrogens (primary N) is 1. The van der Waals surface area contributed by atoms with Gasteiger partial charge in [-0.15, -0.1) is 0 Å². The number of methoxy groups -OCH3 is 1. The van der Waals surface area contributed by atoms with Crippen molar-refractivity contribution in [2.45, 2.75) is 13.8 Å². The number of aliphatic hydroxyl groups excluding tert-OH is 1. The topological polar surface area (TPSA) is 67.5 Å². The summed E-state index contributed by atoms with van der Waals surface area (Å²) in [5, 5.41) is 9.75. The van der Waals surface area contributed by atoms with Gasteiger partial charge in [-0.2, -0.15) is 24.4 Å². The second kappa shape index (κ2) is 319. The quantitative estimate of drug-likeness (QED) is 0.513. The van der Waals surface area contributed by atoms with Gasteiger partial charge in [-0.1, -0.05) is 13.8 Å². The zero-order chi connectivity index (χ0) is 16.1. The van der Waals surface area contributed by atoms with E-state index in [1.807, 2.05) is 40.5 Å². The maximum absolute atomic E-state index is 7.00. The van der Waals surface area contributed by atoms with Crippen molar-refractivity contribution in [3.63, 3.8) is 0 Å². The second-order valence-corrected chi connectivity index (χ2v) is 2.13. The highest BCUT2D eigenvalue weighted by Crippen LogP contribution is 1.70. The summed E-state index contributed by atoms with van der Waals surface area (Å²) < 4.78 is 4.25. The zero-order valence-corrected chi connectivity index (χ0v) is 15.5. The molecule has 0 amide bonds. The molecule has 0 rings (SSSR count). The molecule has 0 aromatic carbocycles. The van der Waals surface area contributed by atoms with Crippen LogP contribution in [0.2, 0.25) is 0 Å². The number of ether oxygens (including phenoxy) is 1. The largest absolute Gasteiger partial charge is 0.400 e. The van der Waals surface area contributed by atoms with Crippen molar-refractivity contribution in [2.24, 2.45) is 5.73 Å². The van der Waals surface area contributed by atoms with Crippen molar-refractivity contribution >= 4 is 24.4 Å². The first-order valence-electron chi connectivity index (χ1n) is 5.10. The van der Waals surface area contributed by atoms with E-state index in [4.69, 9.17) is 5.11 Å². The van der Waals surface area contributed by atoms with Crippen LogP contribution in [0, 0.1) is 0 Å². The third-order valence-electron chi connectivity index (χ3n) is 0. The summed E-state index contributed by atoms with van der Waals surface area (Å²) in [5.41, 5.74) is 4.50. The summed E-state index contributed by atoms with van der Waals surface area (Å²) in [4.78, 5) is 0. The van der Waals surface area contributed by atoms with Crippen LogP contribution in [0.1, 0.15) is 13.8 Å². The lowest BCUT2D eigenvalue weighted by Gasteiger charge is -1.61. The molecule has 0 aliphatic rings. The predicted molar refractivity (Wildman–Crippen MR) is 91.9 cm³/mol. The molecular weight excluding hydrogens is 256 g/mol. The highest BCUT2D eigenvalue weighted by atomic mass is 32.2. The Hall–Kier alpha value is 0.540. The number of rotatable bonds is 0. The maximum atomic E-state index is 7.00. The number of hydrogen-bond donors (Lipinski definition) is 4. The molecule has 4 nitrogen and oxygen atoms in total. The van der Waals surface area contributed by atoms with Crippen LogP contribution < -0.4 is 11.1 Å². The molecule has 0 unspecified atom stereocenters. The van der Waals surface area contributed by atoms with Gasteiger partial charge in [-0.25, -0.2) is 0 Å². The molecule has 0 aliphatic carbocycles. The summed E-state index contributed by atoms with van der Waals surface area (Å²) in [6, 6.07) is 0. The Balaban J connectivity index is -0.0000000139. The minimum Gasteiger partial charge on any atom is -0.400 e. The molecule has 0 aliphatic heterocycles. The molecule has 0 aromatic heterocycles. The molecule has 0 saturated heterocycles. The summed E-state index contributed by atoms with van der Waals surface area (Å²) >= 11 is 5.28. The average molecular weight is 295 g/mol. The molecular formula is C11H38N2O2S2. The van der Waals surface area contributed by atoms with E-state index in [0.717, 1.165) is 7.11 Å². The van der Waals surface area contributed by atoms with E-state index in [1.54, 1.807) is 32.2 Å². The number of aliphatic hydroxyl groups is 1. The molecule has 116 valence electrons. The van der Waals surface area contributed by atoms with Gasteiger partial charge in [0.05, 0.1) is 0 Å². The Labute approximate surface area is 120 Å². The first-order valence-corrected chi connectivity index (χ1v) is 7.63. The lowest BCUT2D eigenvalue weighted by atomic mass is 11.0. The minimum absolute atomic E-state index is 1.00. The van der Waals surface area contributed by atoms with Crippen LogP contribution >= 0.6 is 24.4 Å². The molecule has 4 N–H and O–H groups in total. The fourth-order valence-electron chi connectivity index (χ4n) is 0. The Morgan fingerprint density at radius 2 is 1.00 bits per heavy atom. The van der Waals surface area contributed by atoms with Crippen LogP contribution in [0.25, 0.3) is 0 Å². The fourth-order valence-corrected chi connectivity index (χ4v) is 0. The highest BCUT2D eigenvalue weighted by Gasteiger charge is 1.32. The summed E-state index contributed by atoms with van der Waals surface area (Å²) in [7, 11) is 9.50. The SMILES string of the molecule is CC.CN.CNC.CO.COC.CS.CSC. The molecule has 0 spiro atoms. The normalized spacial score (nSPS) is 4.59. The monoisotopic (exact) mass is 294 g/mol. The molecule has 0 aromatic rings. The van der Waals surface area contributed by atoms with Gasteiger partial charge in [-0.3, -0.25) is 0 Å². The number of thioether (sulfide) groups is 1. The maximum Gasteiger partial charge on any atom is 0.0351 e. The van der Waals surface area contributed by atoms with E-state index >= 15 is 0 Å². The van der Waals surface area contributed by atoms with Gasteiger partial charge in [0, 0.05) is 21.3 Å². The van der Waals surface area contributed by atoms with E-state index in [2.05, 4.69) is 28.4 Å². The average Bonchev–Trinajstić information content (AvgIpc) is 2.41. The standard InChI is InChI=1S/C2H7N.C2H6O.C2H6S.C2H6.CH5N.CH4O.CH4S/c3*1-3-2;4*1-2/h3H,1-2H3;2*1-2H3;1-2H3;2H2,1H3;2*2H,1H3. The summed E-state index contributed by atoms with van der Waals surface area (Å²) in [6.45, 7) is 4.00. The fraction of sp³-hybridized carbons (Fsp3) is 1.00. The number of hydrogen-bond acceptors (Lipinski definition) is 6. The van der Waals surface area contributed by atoms with E-state index in [1.165, 1.54) is 7.05 Å². The van der Waals surface area contributed by atoms with Gasteiger partial charge >= 0.3 is 0 Å². The minimum atomic E-state index is 1.00. The summed E-state index contributed by atoms with van der Waals surface area (Å²) in [6.07, 6.45) is 5.78. The molecule has 0 heterocycles. The third kappa shape index (κ3) is 12000. The highest BCUT2D eigenvalue weighted by molar-refractivity contribution is 7.97. The zero-order valence-electron chi connectivity index (χ0n) is 13.8. The third-order valence-corrected chi connectivity index (χ3v) is 0. The molecule has 0 atom stereocenters. The molecule has 0 bridgehead atoms. The van der Waals surface area contributed by atoms with Crippen molar-refractivity contribution in [1.82, 2.24) is 5.32 Å². The molecule has 17 heavy (non-hydrogen) atoms. The molecule has 6 heteroatoms. The van der Waals surface area contributed by atoms with E-state index in [9.17, 15) is 0 Å². The Morgan fingerprint density at radius 3 is 1.00 bits per heavy atom. The van der Waals surface area contributed by atoms with Crippen LogP contribution in [-0.2, 0) is 4.74 Å². The number of thiol groups is 1. The van der Waals surface area contributed by atoms with Gasteiger partial charge in [0.1, 0.15) is 0 Å². The lowest BCUT2D eigenvalue weighted by Crippen LogP contribution is -1.89. The van der Waals surface area contributed by atoms with Gasteiger partial charge < -0.3 is 20.9 Å². The van der Waals surface area contributed by atoms with Gasteiger partial charge in [0.25, 0.3) is 0 Å². The smallest absolute Gasteiger partial charge is 0.0351 e. The second-order valence-electron chi connectivity index (χ2n) is 1.32. The van der Waals surface area contributed by atoms with Crippen LogP contribution in [0.3, 0.4) is 0 Å². The van der Waals surface area contributed by atoms with E-state index in [0.29, 0.717) is 0 Å². The first kappa shape index (κ1) is 43.2. The van der Waals surface area contributed by atoms with E-state index < -0.39 is 0 Å². The summed E-state index contributed by atoms with van der Waals surface area (Å²) in [5.74, 6) is 0. The Bertz CT molecular complexity index is 30.2. The molecule has 0 fully saturated rings. The van der Waals surface area contributed by atoms with Gasteiger partial charge in [0.15, 0.2) is 0 Å². The lowest BCUT2D eigenvalue weighted by molar-refractivity contribution is 0.277. The predicted octanol–water partition coefficient (Wildman–Crippen LogP) is 1.83. The van der Waals surface area contributed by atoms with Crippen molar-refractivity contribution < 1.29 is 9.84 Å². The van der Waals surface area contributed by atoms with Crippen molar-refractivity contribution in [3.05, 3.63) is 0 Å². The van der Waals surface area contributed by atoms with Gasteiger partial charge in [0.2, 0.25) is 0 Å². The van der Waals surface area contributed by atoms with Crippen LogP contribution in [-0.4, -0.2) is 66.3 Å². The van der Waals surface area contributed by atoms with Crippen molar-refractivity contribution in [3.8, 4) is 0 Å². The Morgan fingerprint density at radius 1 is 1.00 bits per heavy atom. The Kier molecular flexibility index (Phi) is 810. The van der Waals surface area contributed by atoms with Crippen molar-refractivity contribution in [1.29, 1.82) is 0 Å². The number of nitrogens with one attached hydrogen (secondary N) is 1. The van der Waals surface area contributed by atoms with E-state index in [-0.39, 0.29) is 0 Å². The van der Waals surface area contributed by atoms with Crippen molar-refractivity contribution in [2.75, 3.05) is 61.2 Å².